The van der Waals surface area contributed by atoms with Crippen molar-refractivity contribution in [1.29, 1.82) is 0 Å². The maximum absolute atomic E-state index is 11.0. The first kappa shape index (κ1) is 23.2. The number of aromatic carboxylic acids is 1. The van der Waals surface area contributed by atoms with Gasteiger partial charge in [-0.1, -0.05) is 24.4 Å². The van der Waals surface area contributed by atoms with Crippen LogP contribution in [-0.2, 0) is 6.42 Å². The largest absolute Gasteiger partial charge is 0.477 e. The van der Waals surface area contributed by atoms with Crippen molar-refractivity contribution in [2.75, 3.05) is 0 Å². The van der Waals surface area contributed by atoms with E-state index in [9.17, 15) is 20.1 Å². The summed E-state index contributed by atoms with van der Waals surface area (Å²) >= 11 is 6.78. The molecule has 1 fully saturated rings. The lowest BCUT2D eigenvalue weighted by molar-refractivity contribution is 0.0702. The van der Waals surface area contributed by atoms with Gasteiger partial charge in [0.25, 0.3) is 0 Å². The fourth-order valence-corrected chi connectivity index (χ4v) is 5.02. The molecule has 0 saturated heterocycles. The van der Waals surface area contributed by atoms with Gasteiger partial charge in [-0.05, 0) is 68.4 Å². The van der Waals surface area contributed by atoms with Crippen molar-refractivity contribution in [3.8, 4) is 0 Å². The molecule has 0 amide bonds. The molecule has 1 aromatic rings. The fraction of sp³-hybridized carbons (Fsp3) is 0.619. The zero-order valence-electron chi connectivity index (χ0n) is 16.2. The molecule has 7 heteroatoms. The Labute approximate surface area is 175 Å². The number of carboxylic acids is 1. The number of thiophene rings is 1. The Morgan fingerprint density at radius 2 is 2.07 bits per heavy atom. The molecule has 1 heterocycles. The van der Waals surface area contributed by atoms with Gasteiger partial charge in [-0.3, -0.25) is 0 Å². The van der Waals surface area contributed by atoms with Gasteiger partial charge in [-0.2, -0.15) is 0 Å². The number of aliphatic hydroxyl groups excluding tert-OH is 3. The normalized spacial score (nSPS) is 24.7. The second-order valence-electron chi connectivity index (χ2n) is 7.62. The van der Waals surface area contributed by atoms with E-state index in [1.807, 2.05) is 12.1 Å². The van der Waals surface area contributed by atoms with Crippen molar-refractivity contribution in [3.05, 3.63) is 34.0 Å². The summed E-state index contributed by atoms with van der Waals surface area (Å²) in [5.74, 6) is -0.879. The highest BCUT2D eigenvalue weighted by Gasteiger charge is 2.36. The molecular weight excluding hydrogens is 396 g/mol. The molecule has 0 aliphatic heterocycles. The van der Waals surface area contributed by atoms with Gasteiger partial charge in [0.05, 0.1) is 18.3 Å². The Balaban J connectivity index is 1.85. The quantitative estimate of drug-likeness (QED) is 0.319. The van der Waals surface area contributed by atoms with Gasteiger partial charge in [-0.25, -0.2) is 4.79 Å². The minimum absolute atomic E-state index is 0.0863. The molecule has 0 spiro atoms. The van der Waals surface area contributed by atoms with E-state index in [-0.39, 0.29) is 17.9 Å². The van der Waals surface area contributed by atoms with Crippen LogP contribution in [0, 0.1) is 11.8 Å². The molecule has 1 aromatic heterocycles. The monoisotopic (exact) mass is 426 g/mol. The van der Waals surface area contributed by atoms with E-state index in [1.165, 1.54) is 11.3 Å². The highest BCUT2D eigenvalue weighted by Crippen LogP contribution is 2.35. The Morgan fingerprint density at radius 3 is 2.71 bits per heavy atom. The lowest BCUT2D eigenvalue weighted by Crippen LogP contribution is -2.19. The third kappa shape index (κ3) is 7.04. The zero-order chi connectivity index (χ0) is 20.7. The van der Waals surface area contributed by atoms with E-state index in [0.29, 0.717) is 24.1 Å². The average molecular weight is 427 g/mol. The maximum Gasteiger partial charge on any atom is 0.345 e. The summed E-state index contributed by atoms with van der Waals surface area (Å²) in [4.78, 5) is 13.2. The van der Waals surface area contributed by atoms with Crippen molar-refractivity contribution in [3.63, 3.8) is 0 Å². The maximum atomic E-state index is 11.0. The van der Waals surface area contributed by atoms with Crippen molar-refractivity contribution in [1.82, 2.24) is 0 Å². The molecule has 0 aromatic carbocycles. The summed E-state index contributed by atoms with van der Waals surface area (Å²) in [5.41, 5.74) is 0. The van der Waals surface area contributed by atoms with E-state index in [4.69, 9.17) is 17.3 Å². The number of rotatable bonds is 11. The third-order valence-electron chi connectivity index (χ3n) is 5.22. The van der Waals surface area contributed by atoms with Crippen LogP contribution in [0.15, 0.2) is 24.3 Å². The summed E-state index contributed by atoms with van der Waals surface area (Å²) < 4.78 is 0. The van der Waals surface area contributed by atoms with Crippen molar-refractivity contribution >= 4 is 34.4 Å². The van der Waals surface area contributed by atoms with Gasteiger partial charge < -0.3 is 20.4 Å². The highest BCUT2D eigenvalue weighted by atomic mass is 32.1. The van der Waals surface area contributed by atoms with Crippen LogP contribution >= 0.6 is 23.6 Å². The SMILES string of the molecule is C[C@@H](O)CCC[C@H](O)/C=C/[C@H]1[C@H](O)CC(=S)[C@@H]1CCCc1ccc(C(=O)O)s1. The second-order valence-corrected chi connectivity index (χ2v) is 9.31. The van der Waals surface area contributed by atoms with Crippen LogP contribution in [0.25, 0.3) is 0 Å². The van der Waals surface area contributed by atoms with Crippen LogP contribution in [0.1, 0.15) is 60.0 Å². The Morgan fingerprint density at radius 1 is 1.32 bits per heavy atom. The molecule has 5 nitrogen and oxygen atoms in total. The summed E-state index contributed by atoms with van der Waals surface area (Å²) in [6.07, 6.45) is 7.20. The number of hydrogen-bond acceptors (Lipinski definition) is 6. The molecule has 1 aliphatic rings. The predicted octanol–water partition coefficient (Wildman–Crippen LogP) is 3.60. The molecule has 28 heavy (non-hydrogen) atoms. The fourth-order valence-electron chi connectivity index (χ4n) is 3.69. The van der Waals surface area contributed by atoms with Crippen LogP contribution in [-0.4, -0.2) is 49.6 Å². The molecule has 156 valence electrons. The molecule has 1 aliphatic carbocycles. The molecule has 4 N–H and O–H groups in total. The molecule has 0 unspecified atom stereocenters. The highest BCUT2D eigenvalue weighted by molar-refractivity contribution is 7.80. The van der Waals surface area contributed by atoms with Crippen LogP contribution in [0.3, 0.4) is 0 Å². The Kier molecular flexibility index (Phi) is 9.24. The minimum atomic E-state index is -0.895. The number of hydrogen-bond donors (Lipinski definition) is 4. The van der Waals surface area contributed by atoms with E-state index >= 15 is 0 Å². The number of carbonyl (C=O) groups is 1. The van der Waals surface area contributed by atoms with E-state index in [0.717, 1.165) is 35.4 Å². The standard InChI is InChI=1S/C21H30O5S2/c1-13(22)4-2-5-14(23)8-10-16-17(19(27)12-18(16)24)7-3-6-15-9-11-20(28-15)21(25)26/h8-11,13-14,16-18,22-24H,2-7,12H2,1H3,(H,25,26)/b10-8+/t13-,14+,16-,17-,18-/m1/s1. The van der Waals surface area contributed by atoms with Gasteiger partial charge in [0.2, 0.25) is 0 Å². The van der Waals surface area contributed by atoms with Crippen LogP contribution in [0.5, 0.6) is 0 Å². The lowest BCUT2D eigenvalue weighted by atomic mass is 9.89. The smallest absolute Gasteiger partial charge is 0.345 e. The molecule has 0 radical (unpaired) electrons. The van der Waals surface area contributed by atoms with Crippen LogP contribution in [0.4, 0.5) is 0 Å². The third-order valence-corrected chi connectivity index (χ3v) is 6.82. The summed E-state index contributed by atoms with van der Waals surface area (Å²) in [5, 5.41) is 38.7. The first-order valence-electron chi connectivity index (χ1n) is 9.85. The van der Waals surface area contributed by atoms with Gasteiger partial charge in [-0.15, -0.1) is 11.3 Å². The average Bonchev–Trinajstić information content (AvgIpc) is 3.18. The second kappa shape index (κ2) is 11.2. The number of carboxylic acid groups (broad SMARTS) is 1. The summed E-state index contributed by atoms with van der Waals surface area (Å²) in [7, 11) is 0. The van der Waals surface area contributed by atoms with Crippen molar-refractivity contribution in [2.45, 2.75) is 70.2 Å². The number of aryl methyl sites for hydroxylation is 1. The van der Waals surface area contributed by atoms with Gasteiger partial charge in [0.15, 0.2) is 0 Å². The molecule has 1 saturated carbocycles. The predicted molar refractivity (Wildman–Crippen MR) is 115 cm³/mol. The van der Waals surface area contributed by atoms with Crippen molar-refractivity contribution in [2.24, 2.45) is 11.8 Å². The Bertz CT molecular complexity index is 682. The van der Waals surface area contributed by atoms with E-state index in [1.54, 1.807) is 19.1 Å². The first-order valence-corrected chi connectivity index (χ1v) is 11.1. The summed E-state index contributed by atoms with van der Waals surface area (Å²) in [6.45, 7) is 1.74. The molecular formula is C21H30O5S2. The topological polar surface area (TPSA) is 98.0 Å². The Hall–Kier alpha value is -1.12. The first-order chi connectivity index (χ1) is 13.3. The van der Waals surface area contributed by atoms with Gasteiger partial charge >= 0.3 is 5.97 Å². The van der Waals surface area contributed by atoms with Gasteiger partial charge in [0, 0.05) is 17.2 Å². The lowest BCUT2D eigenvalue weighted by Gasteiger charge is -2.19. The number of aliphatic hydroxyl groups is 3. The van der Waals surface area contributed by atoms with Gasteiger partial charge in [0.1, 0.15) is 4.88 Å². The van der Waals surface area contributed by atoms with E-state index in [2.05, 4.69) is 0 Å². The zero-order valence-corrected chi connectivity index (χ0v) is 17.8. The molecule has 5 atom stereocenters. The van der Waals surface area contributed by atoms with E-state index < -0.39 is 18.2 Å². The summed E-state index contributed by atoms with van der Waals surface area (Å²) in [6, 6.07) is 3.49. The minimum Gasteiger partial charge on any atom is -0.477 e. The van der Waals surface area contributed by atoms with Crippen LogP contribution < -0.4 is 0 Å². The van der Waals surface area contributed by atoms with Crippen molar-refractivity contribution < 1.29 is 25.2 Å². The molecule has 2 rings (SSSR count). The number of thiocarbonyl (C=S) groups is 1. The van der Waals surface area contributed by atoms with Crippen LogP contribution in [0.2, 0.25) is 0 Å². The molecule has 0 bridgehead atoms.